The first-order valence-electron chi connectivity index (χ1n) is 7.38. The van der Waals surface area contributed by atoms with Gasteiger partial charge in [-0.25, -0.2) is 0 Å². The van der Waals surface area contributed by atoms with Crippen molar-refractivity contribution in [3.05, 3.63) is 35.4 Å². The summed E-state index contributed by atoms with van der Waals surface area (Å²) in [5.41, 5.74) is 2.57. The van der Waals surface area contributed by atoms with Gasteiger partial charge in [0.2, 0.25) is 0 Å². The monoisotopic (exact) mass is 276 g/mol. The van der Waals surface area contributed by atoms with E-state index in [1.807, 2.05) is 12.1 Å². The quantitative estimate of drug-likeness (QED) is 0.849. The fourth-order valence-electron chi connectivity index (χ4n) is 3.74. The zero-order valence-electron chi connectivity index (χ0n) is 12.1. The lowest BCUT2D eigenvalue weighted by Crippen LogP contribution is -2.66. The van der Waals surface area contributed by atoms with Gasteiger partial charge in [0.25, 0.3) is 0 Å². The number of hydrogen-bond donors (Lipinski definition) is 2. The van der Waals surface area contributed by atoms with Crippen LogP contribution in [-0.2, 0) is 13.2 Å². The Labute approximate surface area is 120 Å². The van der Waals surface area contributed by atoms with Crippen LogP contribution in [0.25, 0.3) is 0 Å². The Bertz CT molecular complexity index is 454. The summed E-state index contributed by atoms with van der Waals surface area (Å²) in [6.45, 7) is 4.62. The summed E-state index contributed by atoms with van der Waals surface area (Å²) >= 11 is 0. The van der Waals surface area contributed by atoms with Gasteiger partial charge in [-0.1, -0.05) is 24.3 Å². The lowest BCUT2D eigenvalue weighted by atomic mass is 9.84. The molecule has 0 radical (unpaired) electrons. The predicted octanol–water partition coefficient (Wildman–Crippen LogP) is 0.677. The molecule has 2 N–H and O–H groups in total. The van der Waals surface area contributed by atoms with Crippen LogP contribution in [0.3, 0.4) is 0 Å². The molecule has 3 rings (SSSR count). The standard InChI is InChI=1S/C16H24N2O2/c1-17-7-15(10-20)6-16(17)11-18(12-16)8-13-2-4-14(9-19)5-3-13/h2-5,15,19-20H,6-12H2,1H3/t15-/m0/s1. The Hall–Kier alpha value is -0.940. The summed E-state index contributed by atoms with van der Waals surface area (Å²) in [5, 5.41) is 18.4. The van der Waals surface area contributed by atoms with Crippen molar-refractivity contribution in [3.8, 4) is 0 Å². The summed E-state index contributed by atoms with van der Waals surface area (Å²) in [5.74, 6) is 0.450. The first-order valence-corrected chi connectivity index (χ1v) is 7.38. The molecule has 4 nitrogen and oxygen atoms in total. The highest BCUT2D eigenvalue weighted by Gasteiger charge is 2.51. The molecule has 1 spiro atoms. The van der Waals surface area contributed by atoms with Gasteiger partial charge in [-0.15, -0.1) is 0 Å². The van der Waals surface area contributed by atoms with E-state index in [1.165, 1.54) is 5.56 Å². The molecule has 0 unspecified atom stereocenters. The Balaban J connectivity index is 1.55. The molecule has 1 aromatic rings. The maximum absolute atomic E-state index is 9.33. The highest BCUT2D eigenvalue weighted by molar-refractivity contribution is 5.22. The summed E-state index contributed by atoms with van der Waals surface area (Å²) in [6.07, 6.45) is 1.12. The molecule has 110 valence electrons. The molecule has 0 bridgehead atoms. The molecule has 1 aromatic carbocycles. The SMILES string of the molecule is CN1C[C@@H](CO)CC12CN(Cc1ccc(CO)cc1)C2. The second kappa shape index (κ2) is 5.45. The second-order valence-corrected chi connectivity index (χ2v) is 6.48. The summed E-state index contributed by atoms with van der Waals surface area (Å²) in [4.78, 5) is 4.89. The van der Waals surface area contributed by atoms with E-state index in [4.69, 9.17) is 5.11 Å². The van der Waals surface area contributed by atoms with Crippen LogP contribution in [0, 0.1) is 5.92 Å². The van der Waals surface area contributed by atoms with Crippen LogP contribution in [0.15, 0.2) is 24.3 Å². The molecule has 0 aromatic heterocycles. The van der Waals surface area contributed by atoms with Gasteiger partial charge in [0.1, 0.15) is 0 Å². The van der Waals surface area contributed by atoms with Crippen LogP contribution in [-0.4, -0.2) is 58.8 Å². The van der Waals surface area contributed by atoms with Gasteiger partial charge in [0.05, 0.1) is 6.61 Å². The van der Waals surface area contributed by atoms with Crippen LogP contribution >= 0.6 is 0 Å². The van der Waals surface area contributed by atoms with Gasteiger partial charge in [0.15, 0.2) is 0 Å². The number of aliphatic hydroxyl groups is 2. The number of aliphatic hydroxyl groups excluding tert-OH is 2. The molecule has 2 aliphatic rings. The van der Waals surface area contributed by atoms with Crippen molar-refractivity contribution >= 4 is 0 Å². The third kappa shape index (κ3) is 2.49. The van der Waals surface area contributed by atoms with Gasteiger partial charge in [-0.05, 0) is 30.5 Å². The summed E-state index contributed by atoms with van der Waals surface area (Å²) < 4.78 is 0. The summed E-state index contributed by atoms with van der Waals surface area (Å²) in [7, 11) is 2.18. The van der Waals surface area contributed by atoms with E-state index in [0.717, 1.165) is 38.2 Å². The zero-order valence-corrected chi connectivity index (χ0v) is 12.1. The van der Waals surface area contributed by atoms with E-state index in [0.29, 0.717) is 18.1 Å². The average molecular weight is 276 g/mol. The first-order chi connectivity index (χ1) is 9.65. The fourth-order valence-corrected chi connectivity index (χ4v) is 3.74. The van der Waals surface area contributed by atoms with E-state index in [1.54, 1.807) is 0 Å². The highest BCUT2D eigenvalue weighted by atomic mass is 16.3. The number of benzene rings is 1. The fraction of sp³-hybridized carbons (Fsp3) is 0.625. The minimum atomic E-state index is 0.112. The van der Waals surface area contributed by atoms with Crippen LogP contribution in [0.4, 0.5) is 0 Å². The highest BCUT2D eigenvalue weighted by Crippen LogP contribution is 2.39. The van der Waals surface area contributed by atoms with Crippen LogP contribution < -0.4 is 0 Å². The van der Waals surface area contributed by atoms with Gasteiger partial charge >= 0.3 is 0 Å². The van der Waals surface area contributed by atoms with Crippen LogP contribution in [0.2, 0.25) is 0 Å². The topological polar surface area (TPSA) is 46.9 Å². The van der Waals surface area contributed by atoms with Crippen LogP contribution in [0.5, 0.6) is 0 Å². The number of likely N-dealkylation sites (tertiary alicyclic amines) is 2. The lowest BCUT2D eigenvalue weighted by molar-refractivity contribution is -0.0223. The van der Waals surface area contributed by atoms with E-state index in [-0.39, 0.29) is 6.61 Å². The number of hydrogen-bond acceptors (Lipinski definition) is 4. The van der Waals surface area contributed by atoms with Gasteiger partial charge < -0.3 is 10.2 Å². The molecule has 20 heavy (non-hydrogen) atoms. The van der Waals surface area contributed by atoms with Gasteiger partial charge in [0, 0.05) is 38.3 Å². The first kappa shape index (κ1) is 14.0. The normalized spacial score (nSPS) is 26.1. The third-order valence-corrected chi connectivity index (χ3v) is 4.92. The Morgan fingerprint density at radius 1 is 1.15 bits per heavy atom. The molecular formula is C16H24N2O2. The number of likely N-dealkylation sites (N-methyl/N-ethyl adjacent to an activating group) is 1. The molecule has 0 aliphatic carbocycles. The van der Waals surface area contributed by atoms with E-state index in [9.17, 15) is 5.11 Å². The minimum absolute atomic E-state index is 0.112. The van der Waals surface area contributed by atoms with E-state index < -0.39 is 0 Å². The molecule has 2 fully saturated rings. The number of rotatable bonds is 4. The van der Waals surface area contributed by atoms with Crippen LogP contribution in [0.1, 0.15) is 17.5 Å². The van der Waals surface area contributed by atoms with Crippen molar-refractivity contribution in [3.63, 3.8) is 0 Å². The molecule has 2 aliphatic heterocycles. The van der Waals surface area contributed by atoms with Crippen molar-refractivity contribution < 1.29 is 10.2 Å². The average Bonchev–Trinajstić information content (AvgIpc) is 2.76. The molecule has 1 atom stereocenters. The Morgan fingerprint density at radius 3 is 2.35 bits per heavy atom. The third-order valence-electron chi connectivity index (χ3n) is 4.92. The van der Waals surface area contributed by atoms with Crippen molar-refractivity contribution in [1.82, 2.24) is 9.80 Å². The van der Waals surface area contributed by atoms with Crippen molar-refractivity contribution in [1.29, 1.82) is 0 Å². The predicted molar refractivity (Wildman–Crippen MR) is 78.2 cm³/mol. The minimum Gasteiger partial charge on any atom is -0.396 e. The molecular weight excluding hydrogens is 252 g/mol. The maximum atomic E-state index is 9.33. The van der Waals surface area contributed by atoms with Gasteiger partial charge in [-0.2, -0.15) is 0 Å². The zero-order chi connectivity index (χ0) is 14.2. The lowest BCUT2D eigenvalue weighted by Gasteiger charge is -2.52. The maximum Gasteiger partial charge on any atom is 0.0681 e. The second-order valence-electron chi connectivity index (χ2n) is 6.48. The largest absolute Gasteiger partial charge is 0.396 e. The number of nitrogens with zero attached hydrogens (tertiary/aromatic N) is 2. The van der Waals surface area contributed by atoms with Crippen molar-refractivity contribution in [2.75, 3.05) is 33.3 Å². The Morgan fingerprint density at radius 2 is 1.80 bits per heavy atom. The van der Waals surface area contributed by atoms with E-state index in [2.05, 4.69) is 29.0 Å². The smallest absolute Gasteiger partial charge is 0.0681 e. The molecule has 4 heteroatoms. The summed E-state index contributed by atoms with van der Waals surface area (Å²) in [6, 6.07) is 8.19. The van der Waals surface area contributed by atoms with E-state index >= 15 is 0 Å². The van der Waals surface area contributed by atoms with Crippen molar-refractivity contribution in [2.45, 2.75) is 25.1 Å². The molecule has 0 saturated carbocycles. The Kier molecular flexibility index (Phi) is 3.82. The molecule has 0 amide bonds. The van der Waals surface area contributed by atoms with Gasteiger partial charge in [-0.3, -0.25) is 9.80 Å². The molecule has 2 saturated heterocycles. The molecule has 2 heterocycles. The van der Waals surface area contributed by atoms with Crippen molar-refractivity contribution in [2.24, 2.45) is 5.92 Å².